The summed E-state index contributed by atoms with van der Waals surface area (Å²) in [5.41, 5.74) is 6.44. The lowest BCUT2D eigenvalue weighted by Crippen LogP contribution is -1.86. The Morgan fingerprint density at radius 3 is 2.46 bits per heavy atom. The van der Waals surface area contributed by atoms with E-state index in [4.69, 9.17) is 5.73 Å². The molecule has 0 aliphatic heterocycles. The van der Waals surface area contributed by atoms with Crippen molar-refractivity contribution in [2.45, 2.75) is 9.79 Å². The first-order chi connectivity index (χ1) is 6.16. The Balaban J connectivity index is 2.81. The average Bonchev–Trinajstić information content (AvgIpc) is 2.08. The largest absolute Gasteiger partial charge is 0.398 e. The molecule has 0 atom stereocenters. The molecular weight excluding hydrogens is 198 g/mol. The first-order valence-electron chi connectivity index (χ1n) is 3.88. The van der Waals surface area contributed by atoms with Crippen LogP contribution in [0.25, 0.3) is 10.8 Å². The van der Waals surface area contributed by atoms with Crippen molar-refractivity contribution in [3.05, 3.63) is 30.3 Å². The first kappa shape index (κ1) is 8.78. The zero-order valence-corrected chi connectivity index (χ0v) is 8.65. The third-order valence-electron chi connectivity index (χ3n) is 1.97. The Morgan fingerprint density at radius 1 is 0.923 bits per heavy atom. The predicted octanol–water partition coefficient (Wildman–Crippen LogP) is 3.00. The van der Waals surface area contributed by atoms with Gasteiger partial charge in [-0.3, -0.25) is 0 Å². The Morgan fingerprint density at radius 2 is 1.69 bits per heavy atom. The number of fused-ring (bicyclic) bond motifs is 1. The maximum absolute atomic E-state index is 5.73. The zero-order valence-electron chi connectivity index (χ0n) is 6.86. The molecule has 0 heterocycles. The van der Waals surface area contributed by atoms with Crippen LogP contribution >= 0.6 is 25.3 Å². The highest BCUT2D eigenvalue weighted by Gasteiger charge is 1.98. The summed E-state index contributed by atoms with van der Waals surface area (Å²) in [6, 6.07) is 9.82. The molecule has 13 heavy (non-hydrogen) atoms. The smallest absolute Gasteiger partial charge is 0.0456 e. The molecule has 2 rings (SSSR count). The second kappa shape index (κ2) is 3.16. The average molecular weight is 207 g/mol. The summed E-state index contributed by atoms with van der Waals surface area (Å²) in [7, 11) is 0. The van der Waals surface area contributed by atoms with Crippen LogP contribution in [0.5, 0.6) is 0 Å². The highest BCUT2D eigenvalue weighted by Crippen LogP contribution is 2.25. The summed E-state index contributed by atoms with van der Waals surface area (Å²) in [6.45, 7) is 0. The molecule has 2 N–H and O–H groups in total. The lowest BCUT2D eigenvalue weighted by atomic mass is 10.1. The van der Waals surface area contributed by atoms with Gasteiger partial charge < -0.3 is 5.73 Å². The van der Waals surface area contributed by atoms with Gasteiger partial charge in [-0.05, 0) is 35.0 Å². The fourth-order valence-corrected chi connectivity index (χ4v) is 1.71. The van der Waals surface area contributed by atoms with Crippen LogP contribution < -0.4 is 5.73 Å². The van der Waals surface area contributed by atoms with Gasteiger partial charge in [0.15, 0.2) is 0 Å². The Labute approximate surface area is 87.8 Å². The normalized spacial score (nSPS) is 10.6. The van der Waals surface area contributed by atoms with Crippen molar-refractivity contribution in [1.82, 2.24) is 0 Å². The maximum Gasteiger partial charge on any atom is 0.0456 e. The van der Waals surface area contributed by atoms with Crippen LogP contribution in [0.4, 0.5) is 5.69 Å². The monoisotopic (exact) mass is 207 g/mol. The Bertz CT molecular complexity index is 466. The highest BCUT2D eigenvalue weighted by molar-refractivity contribution is 7.80. The summed E-state index contributed by atoms with van der Waals surface area (Å²) < 4.78 is 0. The third-order valence-corrected chi connectivity index (χ3v) is 2.63. The minimum absolute atomic E-state index is 0.711. The molecule has 0 fully saturated rings. The van der Waals surface area contributed by atoms with Crippen LogP contribution in [-0.2, 0) is 0 Å². The fourth-order valence-electron chi connectivity index (χ4n) is 1.29. The molecule has 0 unspecified atom stereocenters. The molecule has 1 nitrogen and oxygen atoms in total. The standard InChI is InChI=1S/C10H9NS2/c11-9-4-6-1-2-8(12)3-7(6)5-10(9)13/h1-5,12-13H,11H2. The van der Waals surface area contributed by atoms with E-state index < -0.39 is 0 Å². The van der Waals surface area contributed by atoms with Crippen molar-refractivity contribution in [1.29, 1.82) is 0 Å². The molecule has 66 valence electrons. The summed E-state index contributed by atoms with van der Waals surface area (Å²) >= 11 is 8.52. The van der Waals surface area contributed by atoms with Crippen molar-refractivity contribution in [3.63, 3.8) is 0 Å². The Kier molecular flexibility index (Phi) is 2.14. The molecule has 2 aromatic carbocycles. The molecule has 0 aromatic heterocycles. The van der Waals surface area contributed by atoms with Gasteiger partial charge in [-0.1, -0.05) is 6.07 Å². The van der Waals surface area contributed by atoms with E-state index in [1.165, 1.54) is 0 Å². The highest BCUT2D eigenvalue weighted by atomic mass is 32.1. The van der Waals surface area contributed by atoms with Crippen LogP contribution in [0.3, 0.4) is 0 Å². The van der Waals surface area contributed by atoms with E-state index >= 15 is 0 Å². The number of hydrogen-bond acceptors (Lipinski definition) is 3. The van der Waals surface area contributed by atoms with Gasteiger partial charge in [0, 0.05) is 15.5 Å². The minimum Gasteiger partial charge on any atom is -0.398 e. The van der Waals surface area contributed by atoms with E-state index in [9.17, 15) is 0 Å². The van der Waals surface area contributed by atoms with Gasteiger partial charge in [0.1, 0.15) is 0 Å². The molecule has 2 aromatic rings. The van der Waals surface area contributed by atoms with Gasteiger partial charge in [-0.25, -0.2) is 0 Å². The van der Waals surface area contributed by atoms with Crippen molar-refractivity contribution in [3.8, 4) is 0 Å². The van der Waals surface area contributed by atoms with Crippen molar-refractivity contribution in [2.75, 3.05) is 5.73 Å². The molecule has 0 spiro atoms. The van der Waals surface area contributed by atoms with Crippen molar-refractivity contribution in [2.24, 2.45) is 0 Å². The van der Waals surface area contributed by atoms with E-state index in [2.05, 4.69) is 25.3 Å². The van der Waals surface area contributed by atoms with Crippen LogP contribution in [0.15, 0.2) is 40.1 Å². The minimum atomic E-state index is 0.711. The maximum atomic E-state index is 5.73. The van der Waals surface area contributed by atoms with Crippen LogP contribution in [0.1, 0.15) is 0 Å². The van der Waals surface area contributed by atoms with Gasteiger partial charge >= 0.3 is 0 Å². The number of nitrogens with two attached hydrogens (primary N) is 1. The lowest BCUT2D eigenvalue weighted by molar-refractivity contribution is 1.47. The second-order valence-corrected chi connectivity index (χ2v) is 3.94. The topological polar surface area (TPSA) is 26.0 Å². The van der Waals surface area contributed by atoms with Gasteiger partial charge in [0.2, 0.25) is 0 Å². The number of anilines is 1. The summed E-state index contributed by atoms with van der Waals surface area (Å²) in [5, 5.41) is 2.24. The summed E-state index contributed by atoms with van der Waals surface area (Å²) in [6.07, 6.45) is 0. The predicted molar refractivity (Wildman–Crippen MR) is 62.9 cm³/mol. The number of benzene rings is 2. The molecule has 0 radical (unpaired) electrons. The molecule has 0 saturated carbocycles. The second-order valence-electron chi connectivity index (χ2n) is 2.94. The van der Waals surface area contributed by atoms with Crippen LogP contribution in [0, 0.1) is 0 Å². The van der Waals surface area contributed by atoms with Crippen molar-refractivity contribution < 1.29 is 0 Å². The molecule has 3 heteroatoms. The van der Waals surface area contributed by atoms with E-state index in [0.717, 1.165) is 20.6 Å². The molecular formula is C10H9NS2. The van der Waals surface area contributed by atoms with E-state index in [1.54, 1.807) is 0 Å². The quantitative estimate of drug-likeness (QED) is 0.449. The molecule has 0 amide bonds. The summed E-state index contributed by atoms with van der Waals surface area (Å²) in [5.74, 6) is 0. The van der Waals surface area contributed by atoms with E-state index in [1.807, 2.05) is 30.3 Å². The zero-order chi connectivity index (χ0) is 9.42. The van der Waals surface area contributed by atoms with Crippen LogP contribution in [-0.4, -0.2) is 0 Å². The lowest BCUT2D eigenvalue weighted by Gasteiger charge is -2.03. The van der Waals surface area contributed by atoms with Crippen LogP contribution in [0.2, 0.25) is 0 Å². The SMILES string of the molecule is Nc1cc2ccc(S)cc2cc1S. The first-order valence-corrected chi connectivity index (χ1v) is 4.77. The number of rotatable bonds is 0. The Hall–Kier alpha value is -0.800. The van der Waals surface area contributed by atoms with E-state index in [-0.39, 0.29) is 0 Å². The molecule has 0 aliphatic rings. The van der Waals surface area contributed by atoms with Gasteiger partial charge in [0.25, 0.3) is 0 Å². The molecule has 0 saturated heterocycles. The van der Waals surface area contributed by atoms with Gasteiger partial charge in [0.05, 0.1) is 0 Å². The number of thiol groups is 2. The number of nitrogen functional groups attached to an aromatic ring is 1. The van der Waals surface area contributed by atoms with Gasteiger partial charge in [-0.2, -0.15) is 0 Å². The molecule has 0 bridgehead atoms. The van der Waals surface area contributed by atoms with E-state index in [0.29, 0.717) is 5.69 Å². The third kappa shape index (κ3) is 1.62. The molecule has 0 aliphatic carbocycles. The number of hydrogen-bond donors (Lipinski definition) is 3. The van der Waals surface area contributed by atoms with Crippen molar-refractivity contribution >= 4 is 41.7 Å². The van der Waals surface area contributed by atoms with Gasteiger partial charge in [-0.15, -0.1) is 25.3 Å². The fraction of sp³-hybridized carbons (Fsp3) is 0. The summed E-state index contributed by atoms with van der Waals surface area (Å²) in [4.78, 5) is 1.76.